The van der Waals surface area contributed by atoms with Crippen LogP contribution in [-0.4, -0.2) is 14.5 Å². The molecule has 20 heavy (non-hydrogen) atoms. The highest BCUT2D eigenvalue weighted by molar-refractivity contribution is 5.84. The molecule has 3 aromatic rings. The zero-order valence-corrected chi connectivity index (χ0v) is 11.4. The van der Waals surface area contributed by atoms with E-state index < -0.39 is 0 Å². The molecule has 4 rings (SSSR count). The van der Waals surface area contributed by atoms with E-state index in [1.54, 1.807) is 0 Å². The molecule has 1 aromatic carbocycles. The Morgan fingerprint density at radius 2 is 2.10 bits per heavy atom. The maximum atomic E-state index is 6.20. The quantitative estimate of drug-likeness (QED) is 0.722. The minimum atomic E-state index is 0.552. The van der Waals surface area contributed by atoms with E-state index in [0.717, 1.165) is 33.7 Å². The number of fused-ring (bicyclic) bond motifs is 1. The lowest BCUT2D eigenvalue weighted by Gasteiger charge is -2.12. The summed E-state index contributed by atoms with van der Waals surface area (Å²) in [5, 5.41) is 0. The summed E-state index contributed by atoms with van der Waals surface area (Å²) in [6, 6.07) is 8.60. The smallest absolute Gasteiger partial charge is 0.143 e. The van der Waals surface area contributed by atoms with E-state index in [1.165, 1.54) is 12.8 Å². The molecule has 1 aliphatic carbocycles. The van der Waals surface area contributed by atoms with Crippen LogP contribution in [0.1, 0.15) is 24.4 Å². The molecule has 4 heteroatoms. The third-order valence-electron chi connectivity index (χ3n) is 3.93. The fourth-order valence-corrected chi connectivity index (χ4v) is 2.83. The van der Waals surface area contributed by atoms with Gasteiger partial charge in [-0.25, -0.2) is 4.98 Å². The number of benzene rings is 1. The average molecular weight is 264 g/mol. The first kappa shape index (κ1) is 11.5. The van der Waals surface area contributed by atoms with Crippen LogP contribution in [0.5, 0.6) is 0 Å². The van der Waals surface area contributed by atoms with Crippen molar-refractivity contribution in [3.63, 3.8) is 0 Å². The van der Waals surface area contributed by atoms with Crippen molar-refractivity contribution in [2.24, 2.45) is 0 Å². The second-order valence-electron chi connectivity index (χ2n) is 5.44. The van der Waals surface area contributed by atoms with E-state index >= 15 is 0 Å². The number of nitrogens with zero attached hydrogens (tertiary/aromatic N) is 3. The topological polar surface area (TPSA) is 56.7 Å². The number of hydrogen-bond donors (Lipinski definition) is 1. The van der Waals surface area contributed by atoms with E-state index in [1.807, 2.05) is 30.6 Å². The van der Waals surface area contributed by atoms with Crippen molar-refractivity contribution < 1.29 is 0 Å². The Hall–Kier alpha value is -2.36. The molecule has 1 aliphatic rings. The number of hydrogen-bond acceptors (Lipinski definition) is 3. The van der Waals surface area contributed by atoms with Crippen molar-refractivity contribution in [1.29, 1.82) is 0 Å². The Kier molecular flexibility index (Phi) is 2.33. The molecule has 0 atom stereocenters. The highest BCUT2D eigenvalue weighted by Crippen LogP contribution is 2.42. The molecule has 4 nitrogen and oxygen atoms in total. The van der Waals surface area contributed by atoms with Crippen molar-refractivity contribution in [2.75, 3.05) is 5.73 Å². The number of nitrogens with two attached hydrogens (primary N) is 1. The van der Waals surface area contributed by atoms with E-state index in [0.29, 0.717) is 6.04 Å². The molecule has 0 radical (unpaired) electrons. The number of pyridine rings is 1. The Balaban J connectivity index is 2.07. The first-order valence-electron chi connectivity index (χ1n) is 6.93. The molecule has 1 fully saturated rings. The highest BCUT2D eigenvalue weighted by Gasteiger charge is 2.29. The van der Waals surface area contributed by atoms with Crippen LogP contribution < -0.4 is 5.73 Å². The number of aromatic nitrogens is 3. The lowest BCUT2D eigenvalue weighted by atomic mass is 10.1. The van der Waals surface area contributed by atoms with Gasteiger partial charge in [0.25, 0.3) is 0 Å². The standard InChI is InChI=1S/C16H16N4/c1-10-3-2-4-12(17)15(10)16-19-13-9-18-8-7-14(13)20(16)11-5-6-11/h2-4,7-9,11H,5-6,17H2,1H3. The summed E-state index contributed by atoms with van der Waals surface area (Å²) in [4.78, 5) is 8.96. The molecule has 1 saturated carbocycles. The molecular formula is C16H16N4. The lowest BCUT2D eigenvalue weighted by molar-refractivity contribution is 0.775. The zero-order valence-electron chi connectivity index (χ0n) is 11.4. The lowest BCUT2D eigenvalue weighted by Crippen LogP contribution is -2.01. The number of imidazole rings is 1. The normalized spacial score (nSPS) is 14.8. The average Bonchev–Trinajstić information content (AvgIpc) is 3.19. The summed E-state index contributed by atoms with van der Waals surface area (Å²) in [5.41, 5.74) is 11.3. The van der Waals surface area contributed by atoms with Gasteiger partial charge in [0.15, 0.2) is 0 Å². The SMILES string of the molecule is Cc1cccc(N)c1-c1nc2cnccc2n1C1CC1. The summed E-state index contributed by atoms with van der Waals surface area (Å²) in [6.07, 6.45) is 6.08. The van der Waals surface area contributed by atoms with Crippen LogP contribution in [0.25, 0.3) is 22.4 Å². The fourth-order valence-electron chi connectivity index (χ4n) is 2.83. The van der Waals surface area contributed by atoms with Gasteiger partial charge in [-0.3, -0.25) is 4.98 Å². The summed E-state index contributed by atoms with van der Waals surface area (Å²) < 4.78 is 2.33. The fraction of sp³-hybridized carbons (Fsp3) is 0.250. The van der Waals surface area contributed by atoms with Crippen LogP contribution in [0.3, 0.4) is 0 Å². The summed E-state index contributed by atoms with van der Waals surface area (Å²) >= 11 is 0. The molecule has 2 N–H and O–H groups in total. The third-order valence-corrected chi connectivity index (χ3v) is 3.93. The second-order valence-corrected chi connectivity index (χ2v) is 5.44. The molecule has 0 saturated heterocycles. The van der Waals surface area contributed by atoms with Gasteiger partial charge in [-0.1, -0.05) is 12.1 Å². The first-order valence-corrected chi connectivity index (χ1v) is 6.93. The van der Waals surface area contributed by atoms with Gasteiger partial charge >= 0.3 is 0 Å². The van der Waals surface area contributed by atoms with Gasteiger partial charge in [-0.15, -0.1) is 0 Å². The third kappa shape index (κ3) is 1.61. The van der Waals surface area contributed by atoms with Gasteiger partial charge in [0.2, 0.25) is 0 Å². The van der Waals surface area contributed by atoms with Crippen LogP contribution in [0, 0.1) is 6.92 Å². The predicted molar refractivity (Wildman–Crippen MR) is 80.4 cm³/mol. The molecule has 2 heterocycles. The van der Waals surface area contributed by atoms with Crippen LogP contribution in [0.2, 0.25) is 0 Å². The molecule has 0 spiro atoms. The summed E-state index contributed by atoms with van der Waals surface area (Å²) in [7, 11) is 0. The van der Waals surface area contributed by atoms with E-state index in [4.69, 9.17) is 10.7 Å². The Morgan fingerprint density at radius 1 is 1.25 bits per heavy atom. The number of aryl methyl sites for hydroxylation is 1. The minimum Gasteiger partial charge on any atom is -0.398 e. The number of anilines is 1. The van der Waals surface area contributed by atoms with E-state index in [-0.39, 0.29) is 0 Å². The minimum absolute atomic E-state index is 0.552. The van der Waals surface area contributed by atoms with Gasteiger partial charge in [0.1, 0.15) is 11.3 Å². The number of rotatable bonds is 2. The highest BCUT2D eigenvalue weighted by atomic mass is 15.1. The van der Waals surface area contributed by atoms with E-state index in [2.05, 4.69) is 22.5 Å². The Morgan fingerprint density at radius 3 is 2.85 bits per heavy atom. The Bertz CT molecular complexity index is 779. The van der Waals surface area contributed by atoms with Crippen molar-refractivity contribution in [1.82, 2.24) is 14.5 Å². The maximum absolute atomic E-state index is 6.20. The van der Waals surface area contributed by atoms with Crippen molar-refractivity contribution in [3.05, 3.63) is 42.2 Å². The molecule has 0 unspecified atom stereocenters. The zero-order chi connectivity index (χ0) is 13.7. The van der Waals surface area contributed by atoms with Crippen LogP contribution in [-0.2, 0) is 0 Å². The van der Waals surface area contributed by atoms with Crippen LogP contribution in [0.15, 0.2) is 36.7 Å². The molecule has 0 bridgehead atoms. The molecule has 0 aliphatic heterocycles. The maximum Gasteiger partial charge on any atom is 0.143 e. The van der Waals surface area contributed by atoms with Gasteiger partial charge in [0.05, 0.1) is 11.7 Å². The molecule has 0 amide bonds. The Labute approximate surface area is 117 Å². The monoisotopic (exact) mass is 264 g/mol. The predicted octanol–water partition coefficient (Wildman–Crippen LogP) is 3.32. The second kappa shape index (κ2) is 4.07. The molecule has 100 valence electrons. The van der Waals surface area contributed by atoms with Crippen LogP contribution in [0.4, 0.5) is 5.69 Å². The van der Waals surface area contributed by atoms with Gasteiger partial charge < -0.3 is 10.3 Å². The van der Waals surface area contributed by atoms with Crippen LogP contribution >= 0.6 is 0 Å². The molecular weight excluding hydrogens is 248 g/mol. The van der Waals surface area contributed by atoms with Crippen molar-refractivity contribution >= 4 is 16.7 Å². The molecule has 2 aromatic heterocycles. The van der Waals surface area contributed by atoms with Gasteiger partial charge in [-0.2, -0.15) is 0 Å². The largest absolute Gasteiger partial charge is 0.398 e. The van der Waals surface area contributed by atoms with Crippen molar-refractivity contribution in [3.8, 4) is 11.4 Å². The van der Waals surface area contributed by atoms with Crippen molar-refractivity contribution in [2.45, 2.75) is 25.8 Å². The van der Waals surface area contributed by atoms with Gasteiger partial charge in [0, 0.05) is 23.5 Å². The number of nitrogen functional groups attached to an aromatic ring is 1. The van der Waals surface area contributed by atoms with Gasteiger partial charge in [-0.05, 0) is 37.5 Å². The van der Waals surface area contributed by atoms with E-state index in [9.17, 15) is 0 Å². The summed E-state index contributed by atoms with van der Waals surface area (Å²) in [5.74, 6) is 0.978. The first-order chi connectivity index (χ1) is 9.75. The summed E-state index contributed by atoms with van der Waals surface area (Å²) in [6.45, 7) is 2.08.